The Morgan fingerprint density at radius 3 is 2.38 bits per heavy atom. The summed E-state index contributed by atoms with van der Waals surface area (Å²) in [5, 5.41) is 4.55. The molecular weight excluding hydrogens is 364 g/mol. The van der Waals surface area contributed by atoms with Crippen molar-refractivity contribution in [2.24, 2.45) is 0 Å². The van der Waals surface area contributed by atoms with Crippen molar-refractivity contribution in [3.05, 3.63) is 66.5 Å². The zero-order valence-corrected chi connectivity index (χ0v) is 16.5. The van der Waals surface area contributed by atoms with Crippen molar-refractivity contribution in [1.29, 1.82) is 0 Å². The fourth-order valence-electron chi connectivity index (χ4n) is 3.80. The number of aromatic nitrogens is 3. The maximum Gasteiger partial charge on any atom is 0.294 e. The molecule has 2 heterocycles. The Hall–Kier alpha value is -3.28. The van der Waals surface area contributed by atoms with E-state index in [0.29, 0.717) is 25.2 Å². The third kappa shape index (κ3) is 3.83. The molecule has 4 rings (SSSR count). The minimum Gasteiger partial charge on any atom is -0.326 e. The van der Waals surface area contributed by atoms with Crippen molar-refractivity contribution < 1.29 is 9.59 Å². The Morgan fingerprint density at radius 2 is 1.69 bits per heavy atom. The lowest BCUT2D eigenvalue weighted by molar-refractivity contribution is -0.124. The molecule has 1 aliphatic rings. The number of nitrogens with zero attached hydrogens (tertiary/aromatic N) is 4. The van der Waals surface area contributed by atoms with Crippen LogP contribution in [0.1, 0.15) is 43.2 Å². The summed E-state index contributed by atoms with van der Waals surface area (Å²) in [5.41, 5.74) is 1.71. The van der Waals surface area contributed by atoms with Crippen molar-refractivity contribution >= 4 is 11.7 Å². The summed E-state index contributed by atoms with van der Waals surface area (Å²) in [4.78, 5) is 31.9. The molecule has 1 fully saturated rings. The number of amides is 1. The van der Waals surface area contributed by atoms with Crippen LogP contribution < -0.4 is 0 Å². The average Bonchev–Trinajstić information content (AvgIpc) is 3.25. The molecule has 0 unspecified atom stereocenters. The lowest BCUT2D eigenvalue weighted by atomic mass is 9.97. The van der Waals surface area contributed by atoms with Crippen molar-refractivity contribution in [1.82, 2.24) is 19.7 Å². The standard InChI is InChI=1S/C23H24N4O2/c1-2-20(28)19-15-9-10-16-26(19)23(29)21-24-22(17-11-5-3-6-12-17)27(25-21)18-13-7-4-8-14-18/h3-8,11-14,19H,2,9-10,15-16H2,1H3/t19-/m0/s1. The van der Waals surface area contributed by atoms with Crippen LogP contribution in [0.5, 0.6) is 0 Å². The van der Waals surface area contributed by atoms with Crippen LogP contribution in [0, 0.1) is 0 Å². The average molecular weight is 388 g/mol. The monoisotopic (exact) mass is 388 g/mol. The predicted molar refractivity (Wildman–Crippen MR) is 111 cm³/mol. The SMILES string of the molecule is CCC(=O)[C@@H]1CCCCN1C(=O)c1nc(-c2ccccc2)n(-c2ccccc2)n1. The van der Waals surface area contributed by atoms with E-state index >= 15 is 0 Å². The zero-order valence-electron chi connectivity index (χ0n) is 16.5. The van der Waals surface area contributed by atoms with Crippen molar-refractivity contribution in [3.8, 4) is 17.1 Å². The number of Topliss-reactive ketones (excluding diaryl/α,β-unsaturated/α-hetero) is 1. The highest BCUT2D eigenvalue weighted by molar-refractivity contribution is 5.96. The molecule has 6 nitrogen and oxygen atoms in total. The van der Waals surface area contributed by atoms with Crippen LogP contribution in [-0.4, -0.2) is 43.9 Å². The molecule has 0 spiro atoms. The fraction of sp³-hybridized carbons (Fsp3) is 0.304. The molecule has 1 atom stereocenters. The lowest BCUT2D eigenvalue weighted by Gasteiger charge is -2.33. The van der Waals surface area contributed by atoms with E-state index in [-0.39, 0.29) is 23.6 Å². The highest BCUT2D eigenvalue weighted by atomic mass is 16.2. The molecule has 0 saturated carbocycles. The van der Waals surface area contributed by atoms with E-state index in [1.54, 1.807) is 9.58 Å². The number of para-hydroxylation sites is 1. The summed E-state index contributed by atoms with van der Waals surface area (Å²) < 4.78 is 1.70. The normalized spacial score (nSPS) is 16.6. The van der Waals surface area contributed by atoms with Gasteiger partial charge in [0.2, 0.25) is 5.82 Å². The number of hydrogen-bond donors (Lipinski definition) is 0. The molecule has 148 valence electrons. The van der Waals surface area contributed by atoms with Gasteiger partial charge in [0.1, 0.15) is 0 Å². The summed E-state index contributed by atoms with van der Waals surface area (Å²) >= 11 is 0. The van der Waals surface area contributed by atoms with Gasteiger partial charge >= 0.3 is 0 Å². The van der Waals surface area contributed by atoms with Crippen LogP contribution >= 0.6 is 0 Å². The Bertz CT molecular complexity index is 941. The zero-order chi connectivity index (χ0) is 20.2. The van der Waals surface area contributed by atoms with Crippen LogP contribution in [-0.2, 0) is 4.79 Å². The number of likely N-dealkylation sites (tertiary alicyclic amines) is 1. The van der Waals surface area contributed by atoms with E-state index in [1.807, 2.05) is 67.6 Å². The van der Waals surface area contributed by atoms with Gasteiger partial charge in [0.05, 0.1) is 11.7 Å². The molecule has 1 aliphatic heterocycles. The topological polar surface area (TPSA) is 68.1 Å². The van der Waals surface area contributed by atoms with Gasteiger partial charge in [-0.15, -0.1) is 5.10 Å². The molecule has 3 aromatic rings. The lowest BCUT2D eigenvalue weighted by Crippen LogP contribution is -2.48. The number of hydrogen-bond acceptors (Lipinski definition) is 4. The minimum absolute atomic E-state index is 0.101. The molecule has 1 amide bonds. The summed E-state index contributed by atoms with van der Waals surface area (Å²) in [6, 6.07) is 19.0. The van der Waals surface area contributed by atoms with E-state index in [1.165, 1.54) is 0 Å². The van der Waals surface area contributed by atoms with Gasteiger partial charge in [0, 0.05) is 18.5 Å². The summed E-state index contributed by atoms with van der Waals surface area (Å²) in [6.45, 7) is 2.41. The minimum atomic E-state index is -0.370. The third-order valence-corrected chi connectivity index (χ3v) is 5.31. The summed E-state index contributed by atoms with van der Waals surface area (Å²) in [6.07, 6.45) is 2.99. The van der Waals surface area contributed by atoms with Crippen LogP contribution in [0.4, 0.5) is 0 Å². The predicted octanol–water partition coefficient (Wildman–Crippen LogP) is 3.91. The second-order valence-electron chi connectivity index (χ2n) is 7.20. The number of ketones is 1. The second-order valence-corrected chi connectivity index (χ2v) is 7.20. The maximum atomic E-state index is 13.3. The van der Waals surface area contributed by atoms with E-state index < -0.39 is 0 Å². The van der Waals surface area contributed by atoms with E-state index in [0.717, 1.165) is 24.1 Å². The van der Waals surface area contributed by atoms with Crippen molar-refractivity contribution in [2.75, 3.05) is 6.54 Å². The molecule has 1 aromatic heterocycles. The number of carbonyl (C=O) groups excluding carboxylic acids is 2. The smallest absolute Gasteiger partial charge is 0.294 e. The van der Waals surface area contributed by atoms with Crippen LogP contribution in [0.15, 0.2) is 60.7 Å². The second kappa shape index (κ2) is 8.39. The Morgan fingerprint density at radius 1 is 1.00 bits per heavy atom. The quantitative estimate of drug-likeness (QED) is 0.665. The first kappa shape index (κ1) is 19.1. The van der Waals surface area contributed by atoms with Crippen molar-refractivity contribution in [3.63, 3.8) is 0 Å². The number of benzene rings is 2. The largest absolute Gasteiger partial charge is 0.326 e. The first-order valence-corrected chi connectivity index (χ1v) is 10.1. The summed E-state index contributed by atoms with van der Waals surface area (Å²) in [7, 11) is 0. The molecule has 0 aliphatic carbocycles. The Balaban J connectivity index is 1.75. The molecular formula is C23H24N4O2. The van der Waals surface area contributed by atoms with E-state index in [2.05, 4.69) is 10.1 Å². The van der Waals surface area contributed by atoms with Crippen LogP contribution in [0.25, 0.3) is 17.1 Å². The molecule has 2 aromatic carbocycles. The third-order valence-electron chi connectivity index (χ3n) is 5.31. The van der Waals surface area contributed by atoms with Crippen LogP contribution in [0.2, 0.25) is 0 Å². The van der Waals surface area contributed by atoms with Gasteiger partial charge < -0.3 is 4.90 Å². The molecule has 1 saturated heterocycles. The van der Waals surface area contributed by atoms with Crippen molar-refractivity contribution in [2.45, 2.75) is 38.6 Å². The fourth-order valence-corrected chi connectivity index (χ4v) is 3.80. The highest BCUT2D eigenvalue weighted by Gasteiger charge is 2.34. The van der Waals surface area contributed by atoms with Gasteiger partial charge in [0.15, 0.2) is 11.6 Å². The highest BCUT2D eigenvalue weighted by Crippen LogP contribution is 2.24. The summed E-state index contributed by atoms with van der Waals surface area (Å²) in [5.74, 6) is 0.561. The number of carbonyl (C=O) groups is 2. The maximum absolute atomic E-state index is 13.3. The first-order valence-electron chi connectivity index (χ1n) is 10.1. The molecule has 0 bridgehead atoms. The number of rotatable bonds is 5. The van der Waals surface area contributed by atoms with E-state index in [9.17, 15) is 9.59 Å². The van der Waals surface area contributed by atoms with Gasteiger partial charge in [-0.2, -0.15) is 0 Å². The number of piperidine rings is 1. The Kier molecular flexibility index (Phi) is 5.51. The molecule has 0 N–H and O–H groups in total. The molecule has 0 radical (unpaired) electrons. The van der Waals surface area contributed by atoms with Gasteiger partial charge in [-0.3, -0.25) is 9.59 Å². The Labute approximate surface area is 170 Å². The van der Waals surface area contributed by atoms with E-state index in [4.69, 9.17) is 0 Å². The van der Waals surface area contributed by atoms with Gasteiger partial charge in [0.25, 0.3) is 5.91 Å². The van der Waals surface area contributed by atoms with Gasteiger partial charge in [-0.05, 0) is 31.4 Å². The molecule has 6 heteroatoms. The first-order chi connectivity index (χ1) is 14.2. The van der Waals surface area contributed by atoms with Gasteiger partial charge in [-0.25, -0.2) is 9.67 Å². The van der Waals surface area contributed by atoms with Gasteiger partial charge in [-0.1, -0.05) is 55.5 Å². The molecule has 29 heavy (non-hydrogen) atoms. The van der Waals surface area contributed by atoms with Crippen LogP contribution in [0.3, 0.4) is 0 Å².